The molecule has 5 nitrogen and oxygen atoms in total. The van der Waals surface area contributed by atoms with Crippen LogP contribution in [-0.4, -0.2) is 47.1 Å². The predicted octanol–water partition coefficient (Wildman–Crippen LogP) is 2.47. The van der Waals surface area contributed by atoms with Crippen molar-refractivity contribution in [1.82, 2.24) is 0 Å². The maximum atomic E-state index is 13.2. The van der Waals surface area contributed by atoms with Gasteiger partial charge >= 0.3 is 0 Å². The topological polar surface area (TPSA) is 71.5 Å². The lowest BCUT2D eigenvalue weighted by Crippen LogP contribution is -2.38. The maximum Gasteiger partial charge on any atom is 0.196 e. The molecule has 2 fully saturated rings. The average Bonchev–Trinajstić information content (AvgIpc) is 3.08. The maximum absolute atomic E-state index is 13.2. The van der Waals surface area contributed by atoms with Crippen molar-refractivity contribution in [2.75, 3.05) is 16.4 Å². The first-order valence-corrected chi connectivity index (χ1v) is 11.5. The summed E-state index contributed by atoms with van der Waals surface area (Å²) < 4.78 is 24.7. The van der Waals surface area contributed by atoms with Crippen LogP contribution < -0.4 is 4.90 Å². The number of ketones is 2. The molecule has 2 saturated heterocycles. The van der Waals surface area contributed by atoms with Crippen LogP contribution in [-0.2, 0) is 9.84 Å². The van der Waals surface area contributed by atoms with E-state index in [-0.39, 0.29) is 34.4 Å². The molecule has 27 heavy (non-hydrogen) atoms. The van der Waals surface area contributed by atoms with E-state index in [9.17, 15) is 18.0 Å². The summed E-state index contributed by atoms with van der Waals surface area (Å²) in [5.74, 6) is -0.333. The van der Waals surface area contributed by atoms with E-state index >= 15 is 0 Å². The van der Waals surface area contributed by atoms with Crippen molar-refractivity contribution < 1.29 is 18.0 Å². The molecule has 0 amide bonds. The van der Waals surface area contributed by atoms with Crippen LogP contribution in [0.25, 0.3) is 0 Å². The van der Waals surface area contributed by atoms with Crippen LogP contribution in [0.4, 0.5) is 5.69 Å². The minimum absolute atomic E-state index is 0.00714. The zero-order chi connectivity index (χ0) is 18.9. The third kappa shape index (κ3) is 2.43. The van der Waals surface area contributed by atoms with Gasteiger partial charge in [0.1, 0.15) is 4.32 Å². The molecule has 0 saturated carbocycles. The second-order valence-corrected chi connectivity index (χ2v) is 10.9. The summed E-state index contributed by atoms with van der Waals surface area (Å²) in [4.78, 5) is 27.9. The van der Waals surface area contributed by atoms with Crippen LogP contribution in [0.3, 0.4) is 0 Å². The number of sulfone groups is 1. The highest BCUT2D eigenvalue weighted by Gasteiger charge is 2.49. The molecule has 0 N–H and O–H groups in total. The van der Waals surface area contributed by atoms with Gasteiger partial charge < -0.3 is 4.90 Å². The lowest BCUT2D eigenvalue weighted by Gasteiger charge is -2.29. The van der Waals surface area contributed by atoms with Gasteiger partial charge in [0.05, 0.1) is 28.8 Å². The van der Waals surface area contributed by atoms with E-state index in [1.165, 1.54) is 11.8 Å². The van der Waals surface area contributed by atoms with Crippen molar-refractivity contribution in [2.24, 2.45) is 0 Å². The van der Waals surface area contributed by atoms with E-state index in [0.717, 1.165) is 0 Å². The first-order chi connectivity index (χ1) is 12.9. The number of anilines is 1. The average molecular weight is 416 g/mol. The molecule has 2 aromatic carbocycles. The van der Waals surface area contributed by atoms with Crippen molar-refractivity contribution in [3.63, 3.8) is 0 Å². The van der Waals surface area contributed by atoms with E-state index < -0.39 is 9.84 Å². The van der Waals surface area contributed by atoms with Gasteiger partial charge in [0, 0.05) is 21.9 Å². The molecule has 2 aromatic rings. The molecule has 2 heterocycles. The Morgan fingerprint density at radius 1 is 0.926 bits per heavy atom. The fourth-order valence-corrected chi connectivity index (χ4v) is 8.44. The summed E-state index contributed by atoms with van der Waals surface area (Å²) in [7, 11) is -3.14. The van der Waals surface area contributed by atoms with E-state index in [1.54, 1.807) is 47.4 Å². The highest BCUT2D eigenvalue weighted by atomic mass is 32.2. The molecule has 0 radical (unpaired) electrons. The summed E-state index contributed by atoms with van der Waals surface area (Å²) in [6.45, 7) is 0. The monoisotopic (exact) mass is 415 g/mol. The smallest absolute Gasteiger partial charge is 0.196 e. The van der Waals surface area contributed by atoms with Gasteiger partial charge in [-0.25, -0.2) is 8.42 Å². The van der Waals surface area contributed by atoms with Crippen LogP contribution >= 0.6 is 24.0 Å². The van der Waals surface area contributed by atoms with Crippen LogP contribution in [0.15, 0.2) is 42.5 Å². The Kier molecular flexibility index (Phi) is 3.63. The van der Waals surface area contributed by atoms with Crippen LogP contribution in [0.5, 0.6) is 0 Å². The number of hydrogen-bond acceptors (Lipinski definition) is 6. The molecular weight excluding hydrogens is 402 g/mol. The molecule has 8 heteroatoms. The number of fused-ring (bicyclic) bond motifs is 3. The Morgan fingerprint density at radius 2 is 1.59 bits per heavy atom. The van der Waals surface area contributed by atoms with Crippen molar-refractivity contribution in [3.05, 3.63) is 64.7 Å². The fraction of sp³-hybridized carbons (Fsp3) is 0.211. The number of benzene rings is 2. The normalized spacial score (nSPS) is 25.3. The van der Waals surface area contributed by atoms with E-state index in [1.807, 2.05) is 0 Å². The highest BCUT2D eigenvalue weighted by molar-refractivity contribution is 8.24. The number of nitrogens with zero attached hydrogens (tertiary/aromatic N) is 1. The quantitative estimate of drug-likeness (QED) is 0.566. The van der Waals surface area contributed by atoms with Crippen molar-refractivity contribution in [1.29, 1.82) is 0 Å². The highest BCUT2D eigenvalue weighted by Crippen LogP contribution is 2.44. The molecule has 0 bridgehead atoms. The van der Waals surface area contributed by atoms with Crippen LogP contribution in [0, 0.1) is 0 Å². The van der Waals surface area contributed by atoms with Gasteiger partial charge in [0.2, 0.25) is 0 Å². The van der Waals surface area contributed by atoms with E-state index in [2.05, 4.69) is 0 Å². The lowest BCUT2D eigenvalue weighted by molar-refractivity contribution is 0.0979. The molecule has 0 spiro atoms. The zero-order valence-corrected chi connectivity index (χ0v) is 16.4. The third-order valence-corrected chi connectivity index (χ3v) is 8.84. The first kappa shape index (κ1) is 17.1. The molecule has 5 rings (SSSR count). The summed E-state index contributed by atoms with van der Waals surface area (Å²) in [5.41, 5.74) is 1.95. The van der Waals surface area contributed by atoms with Crippen LogP contribution in [0.2, 0.25) is 0 Å². The Labute approximate surface area is 165 Å². The summed E-state index contributed by atoms with van der Waals surface area (Å²) in [6.07, 6.45) is 0. The number of carbonyl (C=O) groups is 2. The molecular formula is C19H13NO4S3. The number of thioether (sulfide) groups is 1. The van der Waals surface area contributed by atoms with Gasteiger partial charge in [-0.3, -0.25) is 9.59 Å². The Bertz CT molecular complexity index is 1160. The van der Waals surface area contributed by atoms with Gasteiger partial charge in [-0.1, -0.05) is 60.4 Å². The fourth-order valence-electron chi connectivity index (χ4n) is 4.08. The number of carbonyl (C=O) groups excluding carboxylic acids is 2. The van der Waals surface area contributed by atoms with Crippen molar-refractivity contribution in [2.45, 2.75) is 11.3 Å². The van der Waals surface area contributed by atoms with Gasteiger partial charge in [-0.15, -0.1) is 0 Å². The summed E-state index contributed by atoms with van der Waals surface area (Å²) >= 11 is 6.86. The largest absolute Gasteiger partial charge is 0.321 e. The van der Waals surface area contributed by atoms with Gasteiger partial charge in [-0.05, 0) is 6.07 Å². The van der Waals surface area contributed by atoms with Crippen molar-refractivity contribution >= 4 is 55.4 Å². The lowest BCUT2D eigenvalue weighted by atomic mass is 9.83. The summed E-state index contributed by atoms with van der Waals surface area (Å²) in [6, 6.07) is 11.6. The molecule has 3 aliphatic rings. The number of hydrogen-bond donors (Lipinski definition) is 0. The molecule has 0 aromatic heterocycles. The predicted molar refractivity (Wildman–Crippen MR) is 109 cm³/mol. The molecule has 2 atom stereocenters. The van der Waals surface area contributed by atoms with Crippen LogP contribution in [0.1, 0.15) is 31.8 Å². The second-order valence-electron chi connectivity index (χ2n) is 6.84. The van der Waals surface area contributed by atoms with Gasteiger partial charge in [-0.2, -0.15) is 0 Å². The number of thiocarbonyl (C=S) groups is 1. The standard InChI is InChI=1S/C19H13NO4S3/c21-17-10-4-1-2-5-11(10)18(22)16-12(17)6-3-7-13(16)20-14-8-27(23,24)9-15(14)26-19(20)25/h1-7,14-15H,8-9H2/t14-,15-/m0/s1. The minimum atomic E-state index is -3.14. The molecule has 0 unspecified atom stereocenters. The van der Waals surface area contributed by atoms with Crippen molar-refractivity contribution in [3.8, 4) is 0 Å². The molecule has 2 aliphatic heterocycles. The Balaban J connectivity index is 1.69. The van der Waals surface area contributed by atoms with E-state index in [4.69, 9.17) is 12.2 Å². The SMILES string of the molecule is O=C1c2ccccc2C(=O)c2c1cccc2N1C(=S)S[C@H]2CS(=O)(=O)C[C@@H]21. The Hall–Kier alpha value is -2.03. The molecule has 136 valence electrons. The zero-order valence-electron chi connectivity index (χ0n) is 13.9. The van der Waals surface area contributed by atoms with E-state index in [0.29, 0.717) is 32.3 Å². The number of rotatable bonds is 1. The third-order valence-electron chi connectivity index (χ3n) is 5.24. The first-order valence-electron chi connectivity index (χ1n) is 8.39. The van der Waals surface area contributed by atoms with Gasteiger partial charge in [0.15, 0.2) is 21.4 Å². The second kappa shape index (κ2) is 5.73. The molecule has 1 aliphatic carbocycles. The summed E-state index contributed by atoms with van der Waals surface area (Å²) in [5, 5.41) is -0.139. The van der Waals surface area contributed by atoms with Gasteiger partial charge in [0.25, 0.3) is 0 Å². The minimum Gasteiger partial charge on any atom is -0.321 e. The Morgan fingerprint density at radius 3 is 2.33 bits per heavy atom.